The van der Waals surface area contributed by atoms with E-state index in [1.807, 2.05) is 0 Å². The molecule has 0 rings (SSSR count). The molecule has 0 heterocycles. The van der Waals surface area contributed by atoms with Crippen LogP contribution in [-0.2, 0) is 8.54 Å². The van der Waals surface area contributed by atoms with Crippen LogP contribution in [0.4, 0.5) is 0 Å². The van der Waals surface area contributed by atoms with Gasteiger partial charge in [-0.15, -0.1) is 0 Å². The van der Waals surface area contributed by atoms with Crippen LogP contribution in [0.2, 0.25) is 39.3 Å². The Hall–Kier alpha value is 0.571. The maximum Gasteiger partial charge on any atom is 0.307 e. The van der Waals surface area contributed by atoms with E-state index in [1.54, 1.807) is 0 Å². The van der Waals surface area contributed by atoms with Gasteiger partial charge in [-0.05, 0) is 26.2 Å². The Kier molecular flexibility index (Phi) is 5.59. The molecule has 1 atom stereocenters. The summed E-state index contributed by atoms with van der Waals surface area (Å²) in [6.45, 7) is 13.4. The third kappa shape index (κ3) is 8.67. The Balaban J connectivity index is 3.53. The van der Waals surface area contributed by atoms with Gasteiger partial charge in [-0.3, -0.25) is 0 Å². The molecule has 0 radical (unpaired) electrons. The van der Waals surface area contributed by atoms with Crippen LogP contribution in [0.5, 0.6) is 0 Å². The van der Waals surface area contributed by atoms with Gasteiger partial charge in [0.25, 0.3) is 0 Å². The molecular formula is C7H22O2Si3. The van der Waals surface area contributed by atoms with Crippen molar-refractivity contribution in [3.8, 4) is 0 Å². The van der Waals surface area contributed by atoms with Crippen molar-refractivity contribution in [2.75, 3.05) is 6.23 Å². The van der Waals surface area contributed by atoms with E-state index >= 15 is 0 Å². The number of rotatable bonds is 5. The predicted molar refractivity (Wildman–Crippen MR) is 62.3 cm³/mol. The number of hydrogen-bond acceptors (Lipinski definition) is 2. The highest BCUT2D eigenvalue weighted by Gasteiger charge is 2.19. The lowest BCUT2D eigenvalue weighted by molar-refractivity contribution is 0.316. The Morgan fingerprint density at radius 3 is 1.92 bits per heavy atom. The highest BCUT2D eigenvalue weighted by molar-refractivity contribution is 6.75. The van der Waals surface area contributed by atoms with Gasteiger partial charge >= 0.3 is 9.28 Å². The SMILES string of the molecule is C[SiH](C)CO[SiH](C)O[Si](C)(C)C. The fourth-order valence-electron chi connectivity index (χ4n) is 0.860. The molecule has 0 fully saturated rings. The Morgan fingerprint density at radius 1 is 1.08 bits per heavy atom. The lowest BCUT2D eigenvalue weighted by Gasteiger charge is -2.23. The fraction of sp³-hybridized carbons (Fsp3) is 1.00. The van der Waals surface area contributed by atoms with Crippen molar-refractivity contribution in [1.82, 2.24) is 0 Å². The highest BCUT2D eigenvalue weighted by Crippen LogP contribution is 2.05. The minimum atomic E-state index is -1.34. The summed E-state index contributed by atoms with van der Waals surface area (Å²) in [7, 11) is -3.17. The van der Waals surface area contributed by atoms with Gasteiger partial charge in [-0.2, -0.15) is 0 Å². The smallest absolute Gasteiger partial charge is 0.307 e. The largest absolute Gasteiger partial charge is 0.438 e. The lowest BCUT2D eigenvalue weighted by atomic mass is 11.7. The normalized spacial score (nSPS) is 15.2. The number of hydrogen-bond donors (Lipinski definition) is 0. The summed E-state index contributed by atoms with van der Waals surface area (Å²) in [5.41, 5.74) is 0. The molecular weight excluding hydrogens is 200 g/mol. The van der Waals surface area contributed by atoms with Crippen LogP contribution in [0.1, 0.15) is 0 Å². The second-order valence-corrected chi connectivity index (χ2v) is 14.3. The molecule has 0 N–H and O–H groups in total. The molecule has 0 aromatic heterocycles. The van der Waals surface area contributed by atoms with Crippen molar-refractivity contribution in [2.45, 2.75) is 39.3 Å². The van der Waals surface area contributed by atoms with Gasteiger partial charge in [0.2, 0.25) is 0 Å². The zero-order chi connectivity index (χ0) is 9.78. The van der Waals surface area contributed by atoms with Crippen molar-refractivity contribution >= 4 is 26.4 Å². The molecule has 12 heavy (non-hydrogen) atoms. The van der Waals surface area contributed by atoms with Crippen LogP contribution in [-0.4, -0.2) is 32.6 Å². The topological polar surface area (TPSA) is 18.5 Å². The molecule has 0 aromatic rings. The quantitative estimate of drug-likeness (QED) is 0.660. The minimum Gasteiger partial charge on any atom is -0.438 e. The van der Waals surface area contributed by atoms with E-state index in [9.17, 15) is 0 Å². The molecule has 0 saturated heterocycles. The summed E-state index contributed by atoms with van der Waals surface area (Å²) in [5.74, 6) is 0. The molecule has 0 amide bonds. The molecule has 0 aliphatic heterocycles. The van der Waals surface area contributed by atoms with Gasteiger partial charge < -0.3 is 8.54 Å². The van der Waals surface area contributed by atoms with Crippen molar-refractivity contribution in [1.29, 1.82) is 0 Å². The molecule has 0 spiro atoms. The monoisotopic (exact) mass is 222 g/mol. The van der Waals surface area contributed by atoms with Crippen LogP contribution in [0.25, 0.3) is 0 Å². The van der Waals surface area contributed by atoms with Crippen molar-refractivity contribution < 1.29 is 8.54 Å². The molecule has 0 saturated carbocycles. The van der Waals surface area contributed by atoms with Gasteiger partial charge in [-0.25, -0.2) is 0 Å². The first-order valence-electron chi connectivity index (χ1n) is 4.60. The summed E-state index contributed by atoms with van der Waals surface area (Å²) >= 11 is 0. The third-order valence-corrected chi connectivity index (χ3v) is 7.25. The third-order valence-electron chi connectivity index (χ3n) is 1.18. The lowest BCUT2D eigenvalue weighted by Crippen LogP contribution is -2.36. The van der Waals surface area contributed by atoms with Crippen molar-refractivity contribution in [3.05, 3.63) is 0 Å². The Bertz CT molecular complexity index is 122. The first kappa shape index (κ1) is 12.6. The average molecular weight is 223 g/mol. The first-order chi connectivity index (χ1) is 5.31. The summed E-state index contributed by atoms with van der Waals surface area (Å²) in [4.78, 5) is 0. The van der Waals surface area contributed by atoms with E-state index < -0.39 is 26.4 Å². The van der Waals surface area contributed by atoms with Crippen LogP contribution < -0.4 is 0 Å². The molecule has 74 valence electrons. The van der Waals surface area contributed by atoms with E-state index in [1.165, 1.54) is 0 Å². The summed E-state index contributed by atoms with van der Waals surface area (Å²) < 4.78 is 11.6. The van der Waals surface area contributed by atoms with Gasteiger partial charge in [0.15, 0.2) is 8.32 Å². The fourth-order valence-corrected chi connectivity index (χ4v) is 7.74. The standard InChI is InChI=1S/C7H22O2Si3/c1-10(2)7-8-11(3)9-12(4,5)6/h10-11H,7H2,1-6H3. The van der Waals surface area contributed by atoms with Gasteiger partial charge in [0.05, 0.1) is 8.80 Å². The average Bonchev–Trinajstić information content (AvgIpc) is 1.79. The second-order valence-electron chi connectivity index (χ2n) is 4.53. The zero-order valence-corrected chi connectivity index (χ0v) is 12.5. The van der Waals surface area contributed by atoms with Crippen LogP contribution in [0, 0.1) is 0 Å². The maximum absolute atomic E-state index is 5.87. The molecule has 0 aliphatic rings. The van der Waals surface area contributed by atoms with E-state index in [4.69, 9.17) is 8.54 Å². The van der Waals surface area contributed by atoms with Gasteiger partial charge in [-0.1, -0.05) is 13.1 Å². The molecule has 1 unspecified atom stereocenters. The van der Waals surface area contributed by atoms with E-state index in [-0.39, 0.29) is 0 Å². The molecule has 0 bridgehead atoms. The molecule has 0 aliphatic carbocycles. The predicted octanol–water partition coefficient (Wildman–Crippen LogP) is 1.73. The van der Waals surface area contributed by atoms with Crippen LogP contribution in [0.3, 0.4) is 0 Å². The Morgan fingerprint density at radius 2 is 1.58 bits per heavy atom. The maximum atomic E-state index is 5.87. The first-order valence-corrected chi connectivity index (χ1v) is 13.2. The van der Waals surface area contributed by atoms with E-state index in [2.05, 4.69) is 39.3 Å². The molecule has 2 nitrogen and oxygen atoms in total. The van der Waals surface area contributed by atoms with Crippen molar-refractivity contribution in [2.24, 2.45) is 0 Å². The second kappa shape index (κ2) is 5.33. The van der Waals surface area contributed by atoms with Crippen molar-refractivity contribution in [3.63, 3.8) is 0 Å². The summed E-state index contributed by atoms with van der Waals surface area (Å²) in [6.07, 6.45) is 0.984. The summed E-state index contributed by atoms with van der Waals surface area (Å²) in [6, 6.07) is 0. The van der Waals surface area contributed by atoms with E-state index in [0.717, 1.165) is 6.23 Å². The zero-order valence-electron chi connectivity index (χ0n) is 9.18. The minimum absolute atomic E-state index is 0.547. The van der Waals surface area contributed by atoms with Crippen LogP contribution >= 0.6 is 0 Å². The van der Waals surface area contributed by atoms with Crippen LogP contribution in [0.15, 0.2) is 0 Å². The summed E-state index contributed by atoms with van der Waals surface area (Å²) in [5, 5.41) is 0. The van der Waals surface area contributed by atoms with Gasteiger partial charge in [0.1, 0.15) is 0 Å². The highest BCUT2D eigenvalue weighted by atomic mass is 28.4. The Labute approximate surface area is 80.9 Å². The van der Waals surface area contributed by atoms with Gasteiger partial charge in [0, 0.05) is 6.23 Å². The molecule has 5 heteroatoms. The van der Waals surface area contributed by atoms with E-state index in [0.29, 0.717) is 0 Å². The molecule has 0 aromatic carbocycles.